The Kier molecular flexibility index (Phi) is 9.82. The van der Waals surface area contributed by atoms with E-state index >= 15 is 4.39 Å². The van der Waals surface area contributed by atoms with Crippen molar-refractivity contribution in [2.24, 2.45) is 0 Å². The molecule has 0 aromatic heterocycles. The minimum absolute atomic E-state index is 0.109. The predicted octanol–water partition coefficient (Wildman–Crippen LogP) is 8.32. The van der Waals surface area contributed by atoms with Gasteiger partial charge in [0.15, 0.2) is 0 Å². The SMILES string of the molecule is C=CC(=O)OCc1cc(-c2ccc(-c3ccc(-c4ccc(CCO)cc4)cc3F)cc2)ccc1CCCCC. The van der Waals surface area contributed by atoms with Crippen LogP contribution in [0.15, 0.2) is 97.6 Å². The zero-order valence-electron chi connectivity index (χ0n) is 22.5. The summed E-state index contributed by atoms with van der Waals surface area (Å²) in [7, 11) is 0. The van der Waals surface area contributed by atoms with E-state index in [1.54, 1.807) is 6.07 Å². The van der Waals surface area contributed by atoms with Crippen LogP contribution in [0.4, 0.5) is 4.39 Å². The highest BCUT2D eigenvalue weighted by Crippen LogP contribution is 2.31. The van der Waals surface area contributed by atoms with Gasteiger partial charge in [-0.1, -0.05) is 99.1 Å². The zero-order chi connectivity index (χ0) is 27.6. The highest BCUT2D eigenvalue weighted by molar-refractivity contribution is 5.81. The summed E-state index contributed by atoms with van der Waals surface area (Å²) in [5.74, 6) is -0.710. The van der Waals surface area contributed by atoms with E-state index < -0.39 is 5.97 Å². The summed E-state index contributed by atoms with van der Waals surface area (Å²) < 4.78 is 20.5. The van der Waals surface area contributed by atoms with Crippen LogP contribution >= 0.6 is 0 Å². The van der Waals surface area contributed by atoms with Crippen molar-refractivity contribution in [3.05, 3.63) is 120 Å². The van der Waals surface area contributed by atoms with Crippen LogP contribution in [0.5, 0.6) is 0 Å². The molecule has 0 saturated heterocycles. The average Bonchev–Trinajstić information content (AvgIpc) is 2.97. The first-order valence-electron chi connectivity index (χ1n) is 13.5. The molecule has 0 spiro atoms. The number of aliphatic hydroxyl groups is 1. The van der Waals surface area contributed by atoms with Gasteiger partial charge < -0.3 is 9.84 Å². The molecule has 0 aliphatic carbocycles. The Morgan fingerprint density at radius 1 is 0.795 bits per heavy atom. The van der Waals surface area contributed by atoms with E-state index in [4.69, 9.17) is 9.84 Å². The lowest BCUT2D eigenvalue weighted by Gasteiger charge is -2.13. The number of hydrogen-bond acceptors (Lipinski definition) is 3. The number of carbonyl (C=O) groups excluding carboxylic acids is 1. The topological polar surface area (TPSA) is 46.5 Å². The first-order chi connectivity index (χ1) is 19.0. The average molecular weight is 523 g/mol. The minimum Gasteiger partial charge on any atom is -0.458 e. The molecule has 0 amide bonds. The second-order valence-corrected chi connectivity index (χ2v) is 9.69. The fourth-order valence-corrected chi connectivity index (χ4v) is 4.72. The molecule has 1 N–H and O–H groups in total. The van der Waals surface area contributed by atoms with E-state index in [1.807, 2.05) is 60.7 Å². The summed E-state index contributed by atoms with van der Waals surface area (Å²) in [6, 6.07) is 27.3. The molecule has 4 heteroatoms. The summed E-state index contributed by atoms with van der Waals surface area (Å²) in [6.07, 6.45) is 6.12. The van der Waals surface area contributed by atoms with Gasteiger partial charge in [-0.3, -0.25) is 0 Å². The van der Waals surface area contributed by atoms with Crippen molar-refractivity contribution in [2.45, 2.75) is 45.6 Å². The summed E-state index contributed by atoms with van der Waals surface area (Å²) >= 11 is 0. The standard InChI is InChI=1S/C35H35FO3/c1-3-5-6-7-26-14-17-30(22-32(26)24-39-35(38)4-2)28-12-15-29(16-13-28)33-19-18-31(23-34(33)36)27-10-8-25(9-11-27)20-21-37/h4,8-19,22-23,37H,2-3,5-7,20-21,24H2,1H3. The van der Waals surface area contributed by atoms with Crippen LogP contribution in [0.2, 0.25) is 0 Å². The lowest BCUT2D eigenvalue weighted by Crippen LogP contribution is -2.03. The second kappa shape index (κ2) is 13.7. The van der Waals surface area contributed by atoms with Gasteiger partial charge in [-0.2, -0.15) is 0 Å². The number of esters is 1. The van der Waals surface area contributed by atoms with E-state index in [2.05, 4.69) is 31.7 Å². The highest BCUT2D eigenvalue weighted by Gasteiger charge is 2.11. The van der Waals surface area contributed by atoms with Gasteiger partial charge in [0.2, 0.25) is 0 Å². The third kappa shape index (κ3) is 7.30. The van der Waals surface area contributed by atoms with Crippen molar-refractivity contribution < 1.29 is 19.0 Å². The monoisotopic (exact) mass is 522 g/mol. The summed E-state index contributed by atoms with van der Waals surface area (Å²) in [6.45, 7) is 5.98. The first kappa shape index (κ1) is 28.0. The molecule has 0 heterocycles. The summed E-state index contributed by atoms with van der Waals surface area (Å²) in [5, 5.41) is 9.10. The van der Waals surface area contributed by atoms with Crippen LogP contribution in [0.1, 0.15) is 42.9 Å². The molecule has 4 rings (SSSR count). The van der Waals surface area contributed by atoms with E-state index in [-0.39, 0.29) is 19.0 Å². The quantitative estimate of drug-likeness (QED) is 0.116. The maximum Gasteiger partial charge on any atom is 0.330 e. The van der Waals surface area contributed by atoms with Gasteiger partial charge in [-0.15, -0.1) is 0 Å². The largest absolute Gasteiger partial charge is 0.458 e. The second-order valence-electron chi connectivity index (χ2n) is 9.69. The number of rotatable bonds is 12. The molecule has 4 aromatic rings. The van der Waals surface area contributed by atoms with Gasteiger partial charge in [0.05, 0.1) is 0 Å². The number of ether oxygens (including phenoxy) is 1. The first-order valence-corrected chi connectivity index (χ1v) is 13.5. The number of unbranched alkanes of at least 4 members (excludes halogenated alkanes) is 2. The fourth-order valence-electron chi connectivity index (χ4n) is 4.72. The van der Waals surface area contributed by atoms with Gasteiger partial charge in [-0.25, -0.2) is 9.18 Å². The molecule has 0 saturated carbocycles. The van der Waals surface area contributed by atoms with Crippen LogP contribution < -0.4 is 0 Å². The predicted molar refractivity (Wildman–Crippen MR) is 157 cm³/mol. The van der Waals surface area contributed by atoms with Crippen molar-refractivity contribution in [1.29, 1.82) is 0 Å². The highest BCUT2D eigenvalue weighted by atomic mass is 19.1. The zero-order valence-corrected chi connectivity index (χ0v) is 22.5. The van der Waals surface area contributed by atoms with E-state index in [0.717, 1.165) is 64.6 Å². The van der Waals surface area contributed by atoms with E-state index in [0.29, 0.717) is 12.0 Å². The molecule has 0 aliphatic heterocycles. The van der Waals surface area contributed by atoms with Crippen LogP contribution in [0.3, 0.4) is 0 Å². The Balaban J connectivity index is 1.54. The fraction of sp³-hybridized carbons (Fsp3) is 0.229. The summed E-state index contributed by atoms with van der Waals surface area (Å²) in [5.41, 5.74) is 8.36. The van der Waals surface area contributed by atoms with Gasteiger partial charge in [0.1, 0.15) is 12.4 Å². The van der Waals surface area contributed by atoms with Gasteiger partial charge in [0, 0.05) is 18.2 Å². The van der Waals surface area contributed by atoms with Crippen LogP contribution in [0, 0.1) is 5.82 Å². The number of hydrogen-bond donors (Lipinski definition) is 1. The molecule has 0 fully saturated rings. The van der Waals surface area contributed by atoms with Crippen molar-refractivity contribution in [1.82, 2.24) is 0 Å². The molecule has 0 atom stereocenters. The molecule has 4 aromatic carbocycles. The Labute approximate surface area is 230 Å². The molecule has 0 unspecified atom stereocenters. The number of aryl methyl sites for hydroxylation is 1. The number of halogens is 1. The Morgan fingerprint density at radius 2 is 1.41 bits per heavy atom. The van der Waals surface area contributed by atoms with E-state index in [9.17, 15) is 4.79 Å². The lowest BCUT2D eigenvalue weighted by atomic mass is 9.94. The Bertz CT molecular complexity index is 1410. The molecule has 0 radical (unpaired) electrons. The number of benzene rings is 4. The smallest absolute Gasteiger partial charge is 0.330 e. The van der Waals surface area contributed by atoms with Gasteiger partial charge in [0.25, 0.3) is 0 Å². The van der Waals surface area contributed by atoms with Crippen LogP contribution in [-0.4, -0.2) is 17.7 Å². The Hall–Kier alpha value is -4.02. The van der Waals surface area contributed by atoms with Gasteiger partial charge >= 0.3 is 5.97 Å². The molecular weight excluding hydrogens is 487 g/mol. The van der Waals surface area contributed by atoms with E-state index in [1.165, 1.54) is 11.6 Å². The van der Waals surface area contributed by atoms with Crippen LogP contribution in [0.25, 0.3) is 33.4 Å². The lowest BCUT2D eigenvalue weighted by molar-refractivity contribution is -0.138. The number of carbonyl (C=O) groups is 1. The Morgan fingerprint density at radius 3 is 2.05 bits per heavy atom. The third-order valence-electron chi connectivity index (χ3n) is 6.98. The number of aliphatic hydroxyl groups excluding tert-OH is 1. The van der Waals surface area contributed by atoms with Crippen molar-refractivity contribution in [3.8, 4) is 33.4 Å². The van der Waals surface area contributed by atoms with Crippen molar-refractivity contribution in [3.63, 3.8) is 0 Å². The molecule has 200 valence electrons. The van der Waals surface area contributed by atoms with Crippen molar-refractivity contribution >= 4 is 5.97 Å². The molecule has 0 aliphatic rings. The minimum atomic E-state index is -0.434. The molecule has 39 heavy (non-hydrogen) atoms. The van der Waals surface area contributed by atoms with Crippen LogP contribution in [-0.2, 0) is 29.0 Å². The summed E-state index contributed by atoms with van der Waals surface area (Å²) in [4.78, 5) is 11.7. The maximum atomic E-state index is 15.2. The molecular formula is C35H35FO3. The molecule has 3 nitrogen and oxygen atoms in total. The third-order valence-corrected chi connectivity index (χ3v) is 6.98. The van der Waals surface area contributed by atoms with Gasteiger partial charge in [-0.05, 0) is 75.9 Å². The normalized spacial score (nSPS) is 10.8. The maximum absolute atomic E-state index is 15.2. The van der Waals surface area contributed by atoms with Crippen molar-refractivity contribution in [2.75, 3.05) is 6.61 Å². The molecule has 0 bridgehead atoms.